The van der Waals surface area contributed by atoms with Crippen LogP contribution in [-0.4, -0.2) is 50.4 Å². The van der Waals surface area contributed by atoms with E-state index in [0.717, 1.165) is 41.7 Å². The number of aliphatic imine (C=N–C) groups is 1. The molecule has 1 aromatic heterocycles. The van der Waals surface area contributed by atoms with Crippen molar-refractivity contribution in [3.05, 3.63) is 48.3 Å². The molecule has 0 saturated carbocycles. The van der Waals surface area contributed by atoms with E-state index in [-0.39, 0.29) is 0 Å². The molecule has 0 aliphatic carbocycles. The van der Waals surface area contributed by atoms with E-state index in [1.54, 1.807) is 12.4 Å². The van der Waals surface area contributed by atoms with E-state index in [4.69, 9.17) is 14.2 Å². The summed E-state index contributed by atoms with van der Waals surface area (Å²) in [6, 6.07) is 9.80. The second kappa shape index (κ2) is 13.3. The smallest absolute Gasteiger partial charge is 0.191 e. The molecule has 7 nitrogen and oxygen atoms in total. The highest BCUT2D eigenvalue weighted by Crippen LogP contribution is 2.28. The minimum atomic E-state index is 0.534. The van der Waals surface area contributed by atoms with E-state index in [1.165, 1.54) is 0 Å². The van der Waals surface area contributed by atoms with Gasteiger partial charge in [0.2, 0.25) is 0 Å². The first-order chi connectivity index (χ1) is 14.3. The van der Waals surface area contributed by atoms with Crippen molar-refractivity contribution in [2.24, 2.45) is 4.99 Å². The summed E-state index contributed by atoms with van der Waals surface area (Å²) in [4.78, 5) is 8.67. The van der Waals surface area contributed by atoms with E-state index < -0.39 is 0 Å². The Balaban J connectivity index is 1.83. The van der Waals surface area contributed by atoms with Gasteiger partial charge in [-0.1, -0.05) is 6.07 Å². The molecule has 0 spiro atoms. The Labute approximate surface area is 173 Å². The highest BCUT2D eigenvalue weighted by Gasteiger charge is 2.06. The Bertz CT molecular complexity index is 738. The maximum Gasteiger partial charge on any atom is 0.191 e. The Morgan fingerprint density at radius 2 is 1.83 bits per heavy atom. The minimum Gasteiger partial charge on any atom is -0.490 e. The van der Waals surface area contributed by atoms with Crippen LogP contribution in [0.5, 0.6) is 17.2 Å². The van der Waals surface area contributed by atoms with Gasteiger partial charge in [0.15, 0.2) is 17.5 Å². The highest BCUT2D eigenvalue weighted by atomic mass is 16.5. The fourth-order valence-corrected chi connectivity index (χ4v) is 2.66. The number of nitrogens with zero attached hydrogens (tertiary/aromatic N) is 2. The topological polar surface area (TPSA) is 77.0 Å². The number of ether oxygens (including phenoxy) is 3. The van der Waals surface area contributed by atoms with Crippen molar-refractivity contribution >= 4 is 5.96 Å². The Morgan fingerprint density at radius 1 is 1.00 bits per heavy atom. The van der Waals surface area contributed by atoms with Crippen LogP contribution in [0.3, 0.4) is 0 Å². The van der Waals surface area contributed by atoms with E-state index in [0.29, 0.717) is 32.9 Å². The number of guanidine groups is 1. The van der Waals surface area contributed by atoms with Crippen LogP contribution < -0.4 is 24.8 Å². The van der Waals surface area contributed by atoms with Crippen LogP contribution >= 0.6 is 0 Å². The lowest BCUT2D eigenvalue weighted by molar-refractivity contribution is 0.287. The quantitative estimate of drug-likeness (QED) is 0.324. The van der Waals surface area contributed by atoms with Gasteiger partial charge in [0.25, 0.3) is 0 Å². The normalized spacial score (nSPS) is 11.1. The highest BCUT2D eigenvalue weighted by molar-refractivity contribution is 5.79. The molecule has 0 amide bonds. The van der Waals surface area contributed by atoms with Crippen molar-refractivity contribution < 1.29 is 14.2 Å². The lowest BCUT2D eigenvalue weighted by Crippen LogP contribution is -2.39. The zero-order chi connectivity index (χ0) is 20.7. The summed E-state index contributed by atoms with van der Waals surface area (Å²) in [7, 11) is 0. The van der Waals surface area contributed by atoms with Gasteiger partial charge in [-0.05, 0) is 57.0 Å². The Morgan fingerprint density at radius 3 is 2.55 bits per heavy atom. The Hall–Kier alpha value is -2.96. The van der Waals surface area contributed by atoms with Gasteiger partial charge in [-0.2, -0.15) is 0 Å². The average molecular weight is 401 g/mol. The number of hydrogen-bond donors (Lipinski definition) is 2. The van der Waals surface area contributed by atoms with Crippen molar-refractivity contribution in [2.45, 2.75) is 27.2 Å². The van der Waals surface area contributed by atoms with E-state index in [2.05, 4.69) is 26.7 Å². The second-order valence-electron chi connectivity index (χ2n) is 6.12. The van der Waals surface area contributed by atoms with Crippen LogP contribution in [0, 0.1) is 0 Å². The van der Waals surface area contributed by atoms with Crippen LogP contribution in [0.25, 0.3) is 0 Å². The first-order valence-electron chi connectivity index (χ1n) is 10.2. The molecular weight excluding hydrogens is 368 g/mol. The lowest BCUT2D eigenvalue weighted by Gasteiger charge is -2.13. The molecule has 2 rings (SSSR count). The van der Waals surface area contributed by atoms with Gasteiger partial charge in [-0.3, -0.25) is 9.98 Å². The minimum absolute atomic E-state index is 0.534. The molecule has 0 unspecified atom stereocenters. The monoisotopic (exact) mass is 400 g/mol. The summed E-state index contributed by atoms with van der Waals surface area (Å²) in [6.07, 6.45) is 4.24. The molecule has 0 aliphatic heterocycles. The van der Waals surface area contributed by atoms with Crippen LogP contribution in [-0.2, 0) is 6.42 Å². The molecule has 7 heteroatoms. The molecule has 0 radical (unpaired) electrons. The summed E-state index contributed by atoms with van der Waals surface area (Å²) in [5, 5.41) is 6.53. The number of hydrogen-bond acceptors (Lipinski definition) is 5. The average Bonchev–Trinajstić information content (AvgIpc) is 2.74. The van der Waals surface area contributed by atoms with Crippen molar-refractivity contribution in [3.63, 3.8) is 0 Å². The van der Waals surface area contributed by atoms with Crippen molar-refractivity contribution in [1.82, 2.24) is 15.6 Å². The fourth-order valence-electron chi connectivity index (χ4n) is 2.66. The van der Waals surface area contributed by atoms with Crippen LogP contribution in [0.15, 0.2) is 47.7 Å². The zero-order valence-electron chi connectivity index (χ0n) is 17.6. The third kappa shape index (κ3) is 8.29. The SMILES string of the molecule is CCNC(=NCCc1ccc(OCC)c(OCC)c1)NCCOc1cccnc1. The zero-order valence-corrected chi connectivity index (χ0v) is 17.6. The molecule has 0 saturated heterocycles. The molecule has 0 atom stereocenters. The molecular formula is C22H32N4O3. The number of benzene rings is 1. The molecule has 1 heterocycles. The molecule has 1 aromatic carbocycles. The molecule has 158 valence electrons. The van der Waals surface area contributed by atoms with Gasteiger partial charge in [0.1, 0.15) is 12.4 Å². The molecule has 0 bridgehead atoms. The first kappa shape index (κ1) is 22.3. The fraction of sp³-hybridized carbons (Fsp3) is 0.455. The third-order valence-corrected chi connectivity index (χ3v) is 3.92. The predicted octanol–water partition coefficient (Wildman–Crippen LogP) is 3.06. The first-order valence-corrected chi connectivity index (χ1v) is 10.2. The maximum atomic E-state index is 5.69. The number of aromatic nitrogens is 1. The Kier molecular flexibility index (Phi) is 10.2. The van der Waals surface area contributed by atoms with E-state index in [1.807, 2.05) is 45.0 Å². The van der Waals surface area contributed by atoms with Crippen molar-refractivity contribution in [3.8, 4) is 17.2 Å². The van der Waals surface area contributed by atoms with E-state index >= 15 is 0 Å². The van der Waals surface area contributed by atoms with Crippen molar-refractivity contribution in [1.29, 1.82) is 0 Å². The summed E-state index contributed by atoms with van der Waals surface area (Å²) in [6.45, 7) is 9.86. The van der Waals surface area contributed by atoms with Crippen LogP contribution in [0.4, 0.5) is 0 Å². The number of nitrogens with one attached hydrogen (secondary N) is 2. The molecule has 29 heavy (non-hydrogen) atoms. The summed E-state index contributed by atoms with van der Waals surface area (Å²) in [5.74, 6) is 3.11. The third-order valence-electron chi connectivity index (χ3n) is 3.92. The standard InChI is InChI=1S/C22H32N4O3/c1-4-24-22(26-14-15-29-19-8-7-12-23-17-19)25-13-11-18-9-10-20(27-5-2)21(16-18)28-6-3/h7-10,12,16-17H,4-6,11,13-15H2,1-3H3,(H2,24,25,26). The molecule has 0 fully saturated rings. The van der Waals surface area contributed by atoms with Gasteiger partial charge in [0.05, 0.1) is 26.0 Å². The molecule has 0 aliphatic rings. The lowest BCUT2D eigenvalue weighted by atomic mass is 10.1. The van der Waals surface area contributed by atoms with Gasteiger partial charge >= 0.3 is 0 Å². The number of pyridine rings is 1. The molecule has 2 aromatic rings. The van der Waals surface area contributed by atoms with Gasteiger partial charge in [0, 0.05) is 19.3 Å². The summed E-state index contributed by atoms with van der Waals surface area (Å²) < 4.78 is 17.0. The van der Waals surface area contributed by atoms with Crippen LogP contribution in [0.1, 0.15) is 26.3 Å². The van der Waals surface area contributed by atoms with Gasteiger partial charge in [-0.15, -0.1) is 0 Å². The summed E-state index contributed by atoms with van der Waals surface area (Å²) in [5.41, 5.74) is 1.16. The second-order valence-corrected chi connectivity index (χ2v) is 6.12. The maximum absolute atomic E-state index is 5.69. The van der Waals surface area contributed by atoms with Crippen LogP contribution in [0.2, 0.25) is 0 Å². The molecule has 2 N–H and O–H groups in total. The van der Waals surface area contributed by atoms with Gasteiger partial charge in [-0.25, -0.2) is 0 Å². The van der Waals surface area contributed by atoms with Gasteiger partial charge < -0.3 is 24.8 Å². The van der Waals surface area contributed by atoms with Crippen molar-refractivity contribution in [2.75, 3.05) is 39.5 Å². The van der Waals surface area contributed by atoms with E-state index in [9.17, 15) is 0 Å². The summed E-state index contributed by atoms with van der Waals surface area (Å²) >= 11 is 0. The number of rotatable bonds is 12. The largest absolute Gasteiger partial charge is 0.490 e. The predicted molar refractivity (Wildman–Crippen MR) is 116 cm³/mol.